The predicted octanol–water partition coefficient (Wildman–Crippen LogP) is 5.33. The van der Waals surface area contributed by atoms with Crippen LogP contribution in [-0.2, 0) is 14.3 Å². The van der Waals surface area contributed by atoms with Crippen molar-refractivity contribution >= 4 is 23.8 Å². The number of aryl methyl sites for hydroxylation is 2. The van der Waals surface area contributed by atoms with E-state index in [1.807, 2.05) is 0 Å². The number of quaternary nitrogens is 1. The molecule has 1 aliphatic rings. The van der Waals surface area contributed by atoms with E-state index >= 15 is 0 Å². The van der Waals surface area contributed by atoms with Gasteiger partial charge >= 0.3 is 12.1 Å². The maximum absolute atomic E-state index is 14.7. The lowest BCUT2D eigenvalue weighted by atomic mass is 10.0. The first-order valence-electron chi connectivity index (χ1n) is 15.0. The van der Waals surface area contributed by atoms with Crippen LogP contribution in [0.3, 0.4) is 0 Å². The average Bonchev–Trinajstić information content (AvgIpc) is 3.27. The lowest BCUT2D eigenvalue weighted by Gasteiger charge is -2.30. The summed E-state index contributed by atoms with van der Waals surface area (Å²) in [5.41, 5.74) is 0.951. The van der Waals surface area contributed by atoms with Crippen LogP contribution >= 0.6 is 0 Å². The molecule has 1 fully saturated rings. The molecule has 14 heteroatoms. The summed E-state index contributed by atoms with van der Waals surface area (Å²) in [6.07, 6.45) is -0.00262. The van der Waals surface area contributed by atoms with E-state index in [9.17, 15) is 33.1 Å². The minimum atomic E-state index is -1.42. The Balaban J connectivity index is 1.50. The van der Waals surface area contributed by atoms with Gasteiger partial charge in [0.25, 0.3) is 5.91 Å². The largest absolute Gasteiger partial charge is 0.556 e. The molecule has 3 aromatic rings. The van der Waals surface area contributed by atoms with Crippen LogP contribution in [0, 0.1) is 25.5 Å². The summed E-state index contributed by atoms with van der Waals surface area (Å²) in [7, 11) is 2.82. The summed E-state index contributed by atoms with van der Waals surface area (Å²) in [6.45, 7) is 3.04. The summed E-state index contributed by atoms with van der Waals surface area (Å²) < 4.78 is 48.1. The first kappa shape index (κ1) is 35.9. The smallest absolute Gasteiger partial charge is 0.467 e. The highest BCUT2D eigenvalue weighted by molar-refractivity contribution is 6.11. The number of nitrogens with zero attached hydrogens (tertiary/aromatic N) is 1. The third kappa shape index (κ3) is 8.13. The van der Waals surface area contributed by atoms with Crippen molar-refractivity contribution in [3.05, 3.63) is 93.5 Å². The number of methoxy groups -OCH3 is 2. The van der Waals surface area contributed by atoms with Crippen molar-refractivity contribution < 1.29 is 61.5 Å². The molecular formula is C34H37F2N2O10+. The van der Waals surface area contributed by atoms with E-state index in [0.29, 0.717) is 30.6 Å². The number of carboxylic acid groups (broad SMARTS) is 1. The van der Waals surface area contributed by atoms with Gasteiger partial charge in [0, 0.05) is 31.8 Å². The Morgan fingerprint density at radius 1 is 0.875 bits per heavy atom. The molecule has 0 aromatic heterocycles. The fourth-order valence-electron chi connectivity index (χ4n) is 5.51. The van der Waals surface area contributed by atoms with E-state index in [4.69, 9.17) is 23.8 Å². The standard InChI is InChI=1S/C34H36F2N2O10/c1-20-15-24(16-21(2)31(20)47-19-45-4)32(40)37-25-7-5-6-14-38(17-25,34(42)43)48-33(41)23-10-8-22(9-11-23)30(39)28-27(46-18-44-3)13-12-26(35)29(28)36/h8-13,15-16,25H,5-7,14,17-19H2,1-4H3,(H-,37,40,42,43)/p+1. The number of rotatable bonds is 11. The topological polar surface area (TPSA) is 147 Å². The Morgan fingerprint density at radius 2 is 1.50 bits per heavy atom. The van der Waals surface area contributed by atoms with E-state index in [2.05, 4.69) is 5.32 Å². The monoisotopic (exact) mass is 671 g/mol. The SMILES string of the molecule is COCOc1ccc(F)c(F)c1C(=O)c1ccc(C(=O)O[N+]2(C(=O)O)CCCCC(NC(=O)c3cc(C)c(OCOC)c(C)c3)C2)cc1. The highest BCUT2D eigenvalue weighted by Gasteiger charge is 2.46. The Bertz CT molecular complexity index is 1660. The molecule has 0 spiro atoms. The van der Waals surface area contributed by atoms with Gasteiger partial charge in [-0.3, -0.25) is 14.4 Å². The zero-order valence-corrected chi connectivity index (χ0v) is 27.0. The number of ether oxygens (including phenoxy) is 4. The maximum Gasteiger partial charge on any atom is 0.556 e. The van der Waals surface area contributed by atoms with Crippen LogP contribution in [0.2, 0.25) is 0 Å². The summed E-state index contributed by atoms with van der Waals surface area (Å²) in [6, 6.07) is 9.41. The van der Waals surface area contributed by atoms with Gasteiger partial charge in [0.2, 0.25) is 0 Å². The van der Waals surface area contributed by atoms with Gasteiger partial charge in [0.15, 0.2) is 37.5 Å². The number of hydrogen-bond acceptors (Lipinski definition) is 9. The summed E-state index contributed by atoms with van der Waals surface area (Å²) in [5.74, 6) is -4.65. The molecular weight excluding hydrogens is 634 g/mol. The van der Waals surface area contributed by atoms with Crippen molar-refractivity contribution in [3.8, 4) is 11.5 Å². The average molecular weight is 672 g/mol. The van der Waals surface area contributed by atoms with Crippen LogP contribution < -0.4 is 14.8 Å². The number of carbonyl (C=O) groups excluding carboxylic acids is 3. The second-order valence-electron chi connectivity index (χ2n) is 11.3. The minimum Gasteiger partial charge on any atom is -0.467 e. The van der Waals surface area contributed by atoms with Crippen molar-refractivity contribution in [1.29, 1.82) is 0 Å². The first-order valence-corrected chi connectivity index (χ1v) is 15.0. The van der Waals surface area contributed by atoms with E-state index in [1.165, 1.54) is 38.5 Å². The lowest BCUT2D eigenvalue weighted by molar-refractivity contribution is -1.03. The molecule has 0 radical (unpaired) electrons. The van der Waals surface area contributed by atoms with Gasteiger partial charge in [-0.2, -0.15) is 4.79 Å². The Hall–Kier alpha value is -4.92. The molecule has 0 aliphatic carbocycles. The number of ketones is 1. The molecule has 2 atom stereocenters. The molecule has 1 saturated heterocycles. The van der Waals surface area contributed by atoms with Crippen molar-refractivity contribution in [2.24, 2.45) is 0 Å². The zero-order chi connectivity index (χ0) is 35.0. The van der Waals surface area contributed by atoms with E-state index in [0.717, 1.165) is 23.3 Å². The van der Waals surface area contributed by atoms with Gasteiger partial charge in [0.05, 0.1) is 11.6 Å². The molecule has 4 rings (SSSR count). The molecule has 3 aromatic carbocycles. The summed E-state index contributed by atoms with van der Waals surface area (Å²) in [4.78, 5) is 57.8. The molecule has 0 saturated carbocycles. The Kier molecular flexibility index (Phi) is 11.8. The predicted molar refractivity (Wildman–Crippen MR) is 166 cm³/mol. The molecule has 2 unspecified atom stereocenters. The fourth-order valence-corrected chi connectivity index (χ4v) is 5.51. The number of carbonyl (C=O) groups is 4. The lowest BCUT2D eigenvalue weighted by Crippen LogP contribution is -2.58. The third-order valence-electron chi connectivity index (χ3n) is 7.82. The molecule has 1 aliphatic heterocycles. The van der Waals surface area contributed by atoms with Crippen LogP contribution in [0.5, 0.6) is 11.5 Å². The maximum atomic E-state index is 14.7. The zero-order valence-electron chi connectivity index (χ0n) is 27.0. The van der Waals surface area contributed by atoms with Gasteiger partial charge < -0.3 is 29.4 Å². The van der Waals surface area contributed by atoms with E-state index in [-0.39, 0.29) is 43.6 Å². The van der Waals surface area contributed by atoms with Crippen LogP contribution in [0.1, 0.15) is 67.0 Å². The number of amides is 2. The van der Waals surface area contributed by atoms with Crippen LogP contribution in [0.4, 0.5) is 13.6 Å². The molecule has 1 heterocycles. The number of likely N-dealkylation sites (tertiary alicyclic amines) is 1. The van der Waals surface area contributed by atoms with Crippen LogP contribution in [0.25, 0.3) is 0 Å². The number of benzene rings is 3. The highest BCUT2D eigenvalue weighted by atomic mass is 19.2. The molecule has 256 valence electrons. The number of nitrogens with one attached hydrogen (secondary N) is 1. The second-order valence-corrected chi connectivity index (χ2v) is 11.3. The van der Waals surface area contributed by atoms with E-state index in [1.54, 1.807) is 26.0 Å². The molecule has 2 amide bonds. The number of hydroxylamine groups is 3. The molecule has 0 bridgehead atoms. The molecule has 2 N–H and O–H groups in total. The minimum absolute atomic E-state index is 0.0448. The Labute approximate surface area is 275 Å². The molecule has 48 heavy (non-hydrogen) atoms. The van der Waals surface area contributed by atoms with Crippen LogP contribution in [-0.4, -0.2) is 80.4 Å². The van der Waals surface area contributed by atoms with Gasteiger partial charge in [0.1, 0.15) is 23.6 Å². The van der Waals surface area contributed by atoms with Gasteiger partial charge in [-0.15, -0.1) is 0 Å². The van der Waals surface area contributed by atoms with E-state index < -0.39 is 51.6 Å². The fraction of sp³-hybridized carbons (Fsp3) is 0.353. The number of hydrogen-bond donors (Lipinski definition) is 2. The number of halogens is 2. The Morgan fingerprint density at radius 3 is 2.12 bits per heavy atom. The van der Waals surface area contributed by atoms with Gasteiger partial charge in [-0.25, -0.2) is 13.6 Å². The normalized spacial score (nSPS) is 17.6. The van der Waals surface area contributed by atoms with Gasteiger partial charge in [-0.05, 0) is 78.9 Å². The molecule has 12 nitrogen and oxygen atoms in total. The summed E-state index contributed by atoms with van der Waals surface area (Å²) in [5, 5.41) is 13.1. The van der Waals surface area contributed by atoms with Gasteiger partial charge in [-0.1, -0.05) is 12.1 Å². The quantitative estimate of drug-likeness (QED) is 0.156. The van der Waals surface area contributed by atoms with Crippen molar-refractivity contribution in [1.82, 2.24) is 5.32 Å². The highest BCUT2D eigenvalue weighted by Crippen LogP contribution is 2.29. The second kappa shape index (κ2) is 15.8. The third-order valence-corrected chi connectivity index (χ3v) is 7.82. The van der Waals surface area contributed by atoms with Crippen LogP contribution in [0.15, 0.2) is 48.5 Å². The van der Waals surface area contributed by atoms with Crippen molar-refractivity contribution in [2.45, 2.75) is 39.2 Å². The summed E-state index contributed by atoms with van der Waals surface area (Å²) >= 11 is 0. The first-order chi connectivity index (χ1) is 22.9. The van der Waals surface area contributed by atoms with Crippen molar-refractivity contribution in [2.75, 3.05) is 40.9 Å². The van der Waals surface area contributed by atoms with Crippen molar-refractivity contribution in [3.63, 3.8) is 0 Å².